The van der Waals surface area contributed by atoms with Gasteiger partial charge < -0.3 is 48.5 Å². The Balaban J connectivity index is 0.00000177. The molecule has 1 aliphatic heterocycles. The molecular weight excluding hydrogens is 572 g/mol. The predicted octanol–water partition coefficient (Wildman–Crippen LogP) is -1.26. The highest BCUT2D eigenvalue weighted by atomic mass is 16.4. The largest absolute Gasteiger partial charge is 0.481 e. The number of carboxylic acids is 1. The summed E-state index contributed by atoms with van der Waals surface area (Å²) >= 11 is 0. The molecular formula is C29H48N8O7. The zero-order valence-electron chi connectivity index (χ0n) is 25.8. The molecule has 1 heterocycles. The molecule has 1 rings (SSSR count). The first kappa shape index (κ1) is 39.6. The van der Waals surface area contributed by atoms with Crippen LogP contribution < -0.4 is 43.4 Å². The van der Waals surface area contributed by atoms with Gasteiger partial charge in [-0.2, -0.15) is 0 Å². The monoisotopic (exact) mass is 620 g/mol. The molecule has 0 spiro atoms. The molecule has 0 aliphatic carbocycles. The second-order valence-electron chi connectivity index (χ2n) is 9.80. The topological polar surface area (TPSA) is 247 Å². The maximum absolute atomic E-state index is 12.9. The van der Waals surface area contributed by atoms with Gasteiger partial charge in [-0.1, -0.05) is 24.5 Å². The van der Waals surface area contributed by atoms with Crippen LogP contribution in [0.4, 0.5) is 4.79 Å². The number of rotatable bonds is 11. The van der Waals surface area contributed by atoms with E-state index < -0.39 is 66.7 Å². The van der Waals surface area contributed by atoms with Gasteiger partial charge in [0.05, 0.1) is 19.0 Å². The summed E-state index contributed by atoms with van der Waals surface area (Å²) in [6.45, 7) is 6.21. The quantitative estimate of drug-likeness (QED) is 0.0759. The maximum Gasteiger partial charge on any atom is 0.312 e. The number of amides is 6. The van der Waals surface area contributed by atoms with Gasteiger partial charge in [-0.25, -0.2) is 4.79 Å². The van der Waals surface area contributed by atoms with E-state index >= 15 is 0 Å². The van der Waals surface area contributed by atoms with Gasteiger partial charge in [0.2, 0.25) is 23.6 Å². The maximum atomic E-state index is 12.9. The first-order chi connectivity index (χ1) is 20.9. The fourth-order valence-corrected chi connectivity index (χ4v) is 3.85. The van der Waals surface area contributed by atoms with Crippen molar-refractivity contribution in [3.05, 3.63) is 23.8 Å². The third kappa shape index (κ3) is 19.7. The van der Waals surface area contributed by atoms with Crippen molar-refractivity contribution in [3.63, 3.8) is 0 Å². The number of nitrogens with one attached hydrogen (secondary N) is 6. The van der Waals surface area contributed by atoms with E-state index in [1.165, 1.54) is 5.57 Å². The van der Waals surface area contributed by atoms with E-state index in [0.717, 1.165) is 0 Å². The van der Waals surface area contributed by atoms with Gasteiger partial charge in [0.25, 0.3) is 0 Å². The SMILES string of the molecule is CC#C/C=C(C)\C=C/C.NCCCCC1NCCNC(=O)C(CC(=O)O)NC(=O)CNC(=O)C(CCCNC(N)=O)NC1=O. The lowest BCUT2D eigenvalue weighted by Gasteiger charge is -2.23. The first-order valence-electron chi connectivity index (χ1n) is 14.5. The van der Waals surface area contributed by atoms with E-state index in [2.05, 4.69) is 43.7 Å². The molecule has 1 saturated heterocycles. The lowest BCUT2D eigenvalue weighted by Crippen LogP contribution is -2.54. The van der Waals surface area contributed by atoms with Crippen molar-refractivity contribution in [2.45, 2.75) is 77.4 Å². The van der Waals surface area contributed by atoms with Crippen molar-refractivity contribution in [2.24, 2.45) is 11.5 Å². The predicted molar refractivity (Wildman–Crippen MR) is 166 cm³/mol. The van der Waals surface area contributed by atoms with Crippen molar-refractivity contribution in [1.29, 1.82) is 0 Å². The fraction of sp³-hybridized carbons (Fsp3) is 0.586. The number of urea groups is 1. The molecule has 11 N–H and O–H groups in total. The minimum absolute atomic E-state index is 0.0743. The summed E-state index contributed by atoms with van der Waals surface area (Å²) < 4.78 is 0. The zero-order chi connectivity index (χ0) is 33.3. The molecule has 3 unspecified atom stereocenters. The van der Waals surface area contributed by atoms with Gasteiger partial charge >= 0.3 is 12.0 Å². The Morgan fingerprint density at radius 1 is 0.977 bits per heavy atom. The summed E-state index contributed by atoms with van der Waals surface area (Å²) in [5.41, 5.74) is 11.8. The van der Waals surface area contributed by atoms with Gasteiger partial charge in [-0.3, -0.25) is 24.0 Å². The number of primary amides is 1. The van der Waals surface area contributed by atoms with E-state index in [4.69, 9.17) is 16.6 Å². The Hall–Kier alpha value is -4.42. The van der Waals surface area contributed by atoms with Crippen molar-refractivity contribution >= 4 is 35.6 Å². The summed E-state index contributed by atoms with van der Waals surface area (Å²) in [4.78, 5) is 72.2. The summed E-state index contributed by atoms with van der Waals surface area (Å²) in [7, 11) is 0. The van der Waals surface area contributed by atoms with Crippen LogP contribution in [0.25, 0.3) is 0 Å². The van der Waals surface area contributed by atoms with Crippen LogP contribution in [0, 0.1) is 11.8 Å². The Morgan fingerprint density at radius 2 is 1.66 bits per heavy atom. The van der Waals surface area contributed by atoms with E-state index in [1.54, 1.807) is 0 Å². The molecule has 246 valence electrons. The Morgan fingerprint density at radius 3 is 2.27 bits per heavy atom. The Labute approximate surface area is 258 Å². The molecule has 1 fully saturated rings. The lowest BCUT2D eigenvalue weighted by atomic mass is 10.1. The third-order valence-corrected chi connectivity index (χ3v) is 6.01. The van der Waals surface area contributed by atoms with E-state index in [1.807, 2.05) is 39.0 Å². The summed E-state index contributed by atoms with van der Waals surface area (Å²) in [6.07, 6.45) is 7.52. The second-order valence-corrected chi connectivity index (χ2v) is 9.80. The standard InChI is InChI=1S/C20H36N8O7.C9H12/c21-6-2-1-4-12-19(34)28-13(5-3-7-25-20(22)35)17(32)26-11-15(29)27-14(10-16(30)31)18(33)24-9-8-23-12;1-4-6-8-9(3)7-5-2/h12-14,23H,1-11,21H2,(H,24,33)(H,26,32)(H,27,29)(H,28,34)(H,30,31)(H3,22,25,35);5,7-8H,1-3H3/b;7-5-,9-8-. The van der Waals surface area contributed by atoms with E-state index in [-0.39, 0.29) is 26.1 Å². The molecule has 15 nitrogen and oxygen atoms in total. The molecule has 1 aliphatic rings. The average molecular weight is 621 g/mol. The number of carbonyl (C=O) groups is 6. The third-order valence-electron chi connectivity index (χ3n) is 6.01. The summed E-state index contributed by atoms with van der Waals surface area (Å²) in [5.74, 6) is 1.81. The minimum Gasteiger partial charge on any atom is -0.481 e. The van der Waals surface area contributed by atoms with Crippen molar-refractivity contribution in [1.82, 2.24) is 31.9 Å². The number of carboxylic acid groups (broad SMARTS) is 1. The van der Waals surface area contributed by atoms with Gasteiger partial charge in [-0.05, 0) is 64.6 Å². The average Bonchev–Trinajstić information content (AvgIpc) is 2.96. The van der Waals surface area contributed by atoms with Crippen LogP contribution in [-0.4, -0.2) is 91.6 Å². The second kappa shape index (κ2) is 24.1. The zero-order valence-corrected chi connectivity index (χ0v) is 25.8. The molecule has 6 amide bonds. The van der Waals surface area contributed by atoms with E-state index in [0.29, 0.717) is 32.2 Å². The molecule has 15 heteroatoms. The highest BCUT2D eigenvalue weighted by Crippen LogP contribution is 2.04. The van der Waals surface area contributed by atoms with Gasteiger partial charge in [0.1, 0.15) is 12.1 Å². The highest BCUT2D eigenvalue weighted by molar-refractivity contribution is 5.94. The Kier molecular flexibility index (Phi) is 21.6. The number of allylic oxidation sites excluding steroid dienone is 4. The van der Waals surface area contributed by atoms with Gasteiger partial charge in [-0.15, -0.1) is 5.92 Å². The smallest absolute Gasteiger partial charge is 0.312 e. The number of carbonyl (C=O) groups excluding carboxylic acids is 5. The summed E-state index contributed by atoms with van der Waals surface area (Å²) in [6, 6.07) is -3.75. The van der Waals surface area contributed by atoms with Crippen LogP contribution in [0.3, 0.4) is 0 Å². The molecule has 0 bridgehead atoms. The first-order valence-corrected chi connectivity index (χ1v) is 14.5. The normalized spacial score (nSPS) is 20.2. The molecule has 0 aromatic carbocycles. The molecule has 0 saturated carbocycles. The van der Waals surface area contributed by atoms with Crippen LogP contribution in [0.5, 0.6) is 0 Å². The highest BCUT2D eigenvalue weighted by Gasteiger charge is 2.28. The van der Waals surface area contributed by atoms with E-state index in [9.17, 15) is 28.8 Å². The molecule has 3 atom stereocenters. The van der Waals surface area contributed by atoms with Crippen LogP contribution >= 0.6 is 0 Å². The van der Waals surface area contributed by atoms with Crippen LogP contribution in [-0.2, 0) is 24.0 Å². The van der Waals surface area contributed by atoms with Crippen LogP contribution in [0.1, 0.15) is 59.3 Å². The van der Waals surface area contributed by atoms with Crippen molar-refractivity contribution in [2.75, 3.05) is 32.7 Å². The van der Waals surface area contributed by atoms with Gasteiger partial charge in [0, 0.05) is 19.6 Å². The number of hydrogen-bond donors (Lipinski definition) is 9. The number of unbranched alkanes of at least 4 members (excludes halogenated alkanes) is 1. The molecule has 0 radical (unpaired) electrons. The van der Waals surface area contributed by atoms with Crippen LogP contribution in [0.15, 0.2) is 23.8 Å². The van der Waals surface area contributed by atoms with Crippen LogP contribution in [0.2, 0.25) is 0 Å². The number of aliphatic carboxylic acids is 1. The Bertz CT molecular complexity index is 1080. The number of hydrogen-bond acceptors (Lipinski definition) is 8. The van der Waals surface area contributed by atoms with Gasteiger partial charge in [0.15, 0.2) is 0 Å². The molecule has 44 heavy (non-hydrogen) atoms. The fourth-order valence-electron chi connectivity index (χ4n) is 3.85. The minimum atomic E-state index is -1.34. The molecule has 0 aromatic heterocycles. The lowest BCUT2D eigenvalue weighted by molar-refractivity contribution is -0.140. The van der Waals surface area contributed by atoms with Crippen molar-refractivity contribution < 1.29 is 33.9 Å². The van der Waals surface area contributed by atoms with Crippen molar-refractivity contribution in [3.8, 4) is 11.8 Å². The summed E-state index contributed by atoms with van der Waals surface area (Å²) in [5, 5.41) is 24.4. The molecule has 0 aromatic rings. The number of nitrogens with two attached hydrogens (primary N) is 2.